The normalized spacial score (nSPS) is 11.6. The molecular formula is C21H13ClF3NO2. The molecule has 0 aliphatic carbocycles. The van der Waals surface area contributed by atoms with E-state index >= 15 is 0 Å². The molecule has 0 fully saturated rings. The Balaban J connectivity index is 1.68. The van der Waals surface area contributed by atoms with E-state index in [1.807, 2.05) is 6.07 Å². The van der Waals surface area contributed by atoms with E-state index in [0.717, 1.165) is 11.6 Å². The molecule has 0 saturated heterocycles. The van der Waals surface area contributed by atoms with Gasteiger partial charge in [0, 0.05) is 11.8 Å². The van der Waals surface area contributed by atoms with Crippen molar-refractivity contribution >= 4 is 23.5 Å². The molecule has 142 valence electrons. The smallest absolute Gasteiger partial charge is 0.417 e. The lowest BCUT2D eigenvalue weighted by Crippen LogP contribution is -2.05. The molecule has 0 aliphatic rings. The van der Waals surface area contributed by atoms with Crippen LogP contribution in [-0.4, -0.2) is 10.8 Å². The zero-order chi connectivity index (χ0) is 20.1. The first kappa shape index (κ1) is 19.6. The van der Waals surface area contributed by atoms with Crippen LogP contribution in [0.15, 0.2) is 72.9 Å². The van der Waals surface area contributed by atoms with Crippen LogP contribution < -0.4 is 4.74 Å². The summed E-state index contributed by atoms with van der Waals surface area (Å²) in [6.07, 6.45) is -0.754. The van der Waals surface area contributed by atoms with E-state index in [1.165, 1.54) is 6.08 Å². The van der Waals surface area contributed by atoms with Crippen molar-refractivity contribution in [2.45, 2.75) is 6.18 Å². The van der Waals surface area contributed by atoms with Gasteiger partial charge in [-0.15, -0.1) is 0 Å². The Labute approximate surface area is 164 Å². The summed E-state index contributed by atoms with van der Waals surface area (Å²) >= 11 is 5.82. The number of halogens is 4. The second-order valence-electron chi connectivity index (χ2n) is 5.74. The Kier molecular flexibility index (Phi) is 5.80. The average molecular weight is 404 g/mol. The summed E-state index contributed by atoms with van der Waals surface area (Å²) in [6.45, 7) is 0. The maximum absolute atomic E-state index is 12.6. The number of hydrogen-bond donors (Lipinski definition) is 0. The molecule has 1 aromatic heterocycles. The van der Waals surface area contributed by atoms with E-state index in [9.17, 15) is 18.0 Å². The number of carbonyl (C=O) groups excluding carboxylic acids is 1. The molecule has 3 nitrogen and oxygen atoms in total. The highest BCUT2D eigenvalue weighted by Gasteiger charge is 2.31. The van der Waals surface area contributed by atoms with Gasteiger partial charge in [0.1, 0.15) is 10.8 Å². The zero-order valence-electron chi connectivity index (χ0n) is 14.3. The first-order chi connectivity index (χ1) is 13.3. The number of allylic oxidation sites excluding steroid dienone is 1. The molecule has 7 heteroatoms. The number of carbonyl (C=O) groups is 1. The van der Waals surface area contributed by atoms with E-state index in [0.29, 0.717) is 17.5 Å². The maximum atomic E-state index is 12.6. The predicted octanol–water partition coefficient (Wildman–Crippen LogP) is 6.44. The quantitative estimate of drug-likeness (QED) is 0.363. The van der Waals surface area contributed by atoms with Crippen molar-refractivity contribution in [3.05, 3.63) is 94.6 Å². The summed E-state index contributed by atoms with van der Waals surface area (Å²) in [5, 5.41) is -0.243. The van der Waals surface area contributed by atoms with Crippen LogP contribution in [0.4, 0.5) is 13.2 Å². The number of rotatable bonds is 5. The maximum Gasteiger partial charge on any atom is 0.417 e. The van der Waals surface area contributed by atoms with Crippen molar-refractivity contribution in [1.82, 2.24) is 4.98 Å². The van der Waals surface area contributed by atoms with Crippen LogP contribution in [0.5, 0.6) is 11.6 Å². The van der Waals surface area contributed by atoms with Crippen molar-refractivity contribution in [3.63, 3.8) is 0 Å². The van der Waals surface area contributed by atoms with Crippen LogP contribution >= 0.6 is 11.6 Å². The third kappa shape index (κ3) is 4.98. The predicted molar refractivity (Wildman–Crippen MR) is 101 cm³/mol. The van der Waals surface area contributed by atoms with Crippen LogP contribution in [0.3, 0.4) is 0 Å². The van der Waals surface area contributed by atoms with Gasteiger partial charge in [0.2, 0.25) is 5.88 Å². The number of hydrogen-bond acceptors (Lipinski definition) is 3. The van der Waals surface area contributed by atoms with Crippen molar-refractivity contribution in [1.29, 1.82) is 0 Å². The molecule has 3 rings (SSSR count). The van der Waals surface area contributed by atoms with E-state index in [-0.39, 0.29) is 16.7 Å². The summed E-state index contributed by atoms with van der Waals surface area (Å²) in [4.78, 5) is 15.7. The third-order valence-corrected chi connectivity index (χ3v) is 3.99. The molecule has 2 aromatic carbocycles. The Bertz CT molecular complexity index is 1000. The van der Waals surface area contributed by atoms with Crippen LogP contribution in [-0.2, 0) is 6.18 Å². The molecule has 0 aliphatic heterocycles. The van der Waals surface area contributed by atoms with Crippen LogP contribution in [0.25, 0.3) is 6.08 Å². The molecule has 28 heavy (non-hydrogen) atoms. The second-order valence-corrected chi connectivity index (χ2v) is 6.15. The van der Waals surface area contributed by atoms with E-state index in [1.54, 1.807) is 54.6 Å². The summed E-state index contributed by atoms with van der Waals surface area (Å²) < 4.78 is 43.3. The molecule has 0 unspecified atom stereocenters. The highest BCUT2D eigenvalue weighted by Crippen LogP contribution is 2.34. The highest BCUT2D eigenvalue weighted by atomic mass is 35.5. The van der Waals surface area contributed by atoms with Gasteiger partial charge in [0.05, 0.1) is 5.56 Å². The highest BCUT2D eigenvalue weighted by molar-refractivity contribution is 6.31. The number of aromatic nitrogens is 1. The van der Waals surface area contributed by atoms with Gasteiger partial charge in [-0.3, -0.25) is 4.79 Å². The summed E-state index contributed by atoms with van der Waals surface area (Å²) in [5.74, 6) is 0.0968. The van der Waals surface area contributed by atoms with Crippen molar-refractivity contribution in [3.8, 4) is 11.6 Å². The number of alkyl halides is 3. The molecule has 0 atom stereocenters. The number of ether oxygens (including phenoxy) is 1. The summed E-state index contributed by atoms with van der Waals surface area (Å²) in [7, 11) is 0. The SMILES string of the molecule is O=C(C=Cc1ccc(Oc2ncc(C(F)(F)F)cc2Cl)cc1)c1ccccc1. The van der Waals surface area contributed by atoms with Crippen LogP contribution in [0.2, 0.25) is 5.02 Å². The van der Waals surface area contributed by atoms with E-state index in [4.69, 9.17) is 16.3 Å². The summed E-state index contributed by atoms with van der Waals surface area (Å²) in [6, 6.07) is 16.2. The molecule has 0 bridgehead atoms. The van der Waals surface area contributed by atoms with Gasteiger partial charge in [-0.05, 0) is 29.8 Å². The van der Waals surface area contributed by atoms with Crippen molar-refractivity contribution < 1.29 is 22.7 Å². The molecule has 0 amide bonds. The number of benzene rings is 2. The minimum Gasteiger partial charge on any atom is -0.438 e. The lowest BCUT2D eigenvalue weighted by molar-refractivity contribution is -0.137. The Morgan fingerprint density at radius 1 is 1.04 bits per heavy atom. The minimum absolute atomic E-state index is 0.123. The third-order valence-electron chi connectivity index (χ3n) is 3.71. The van der Waals surface area contributed by atoms with Crippen molar-refractivity contribution in [2.75, 3.05) is 0 Å². The summed E-state index contributed by atoms with van der Waals surface area (Å²) in [5.41, 5.74) is 0.387. The molecule has 0 radical (unpaired) electrons. The van der Waals surface area contributed by atoms with Crippen molar-refractivity contribution in [2.24, 2.45) is 0 Å². The number of nitrogens with zero attached hydrogens (tertiary/aromatic N) is 1. The Morgan fingerprint density at radius 3 is 2.32 bits per heavy atom. The Morgan fingerprint density at radius 2 is 1.71 bits per heavy atom. The topological polar surface area (TPSA) is 39.2 Å². The lowest BCUT2D eigenvalue weighted by Gasteiger charge is -2.10. The van der Waals surface area contributed by atoms with Gasteiger partial charge >= 0.3 is 6.18 Å². The Hall–Kier alpha value is -3.12. The molecule has 0 saturated carbocycles. The van der Waals surface area contributed by atoms with Gasteiger partial charge in [0.15, 0.2) is 5.78 Å². The van der Waals surface area contributed by atoms with Gasteiger partial charge < -0.3 is 4.74 Å². The number of pyridine rings is 1. The van der Waals surface area contributed by atoms with Gasteiger partial charge in [-0.25, -0.2) is 4.98 Å². The fourth-order valence-electron chi connectivity index (χ4n) is 2.28. The average Bonchev–Trinajstić information content (AvgIpc) is 2.68. The van der Waals surface area contributed by atoms with Gasteiger partial charge in [-0.2, -0.15) is 13.2 Å². The largest absolute Gasteiger partial charge is 0.438 e. The van der Waals surface area contributed by atoms with Gasteiger partial charge in [-0.1, -0.05) is 60.1 Å². The van der Waals surface area contributed by atoms with Crippen LogP contribution in [0.1, 0.15) is 21.5 Å². The fraction of sp³-hybridized carbons (Fsp3) is 0.0476. The lowest BCUT2D eigenvalue weighted by atomic mass is 10.1. The van der Waals surface area contributed by atoms with E-state index < -0.39 is 11.7 Å². The second kappa shape index (κ2) is 8.27. The standard InChI is InChI=1S/C21H13ClF3NO2/c22-18-12-16(21(23,24)25)13-26-20(18)28-17-9-6-14(7-10-17)8-11-19(27)15-4-2-1-3-5-15/h1-13H. The molecule has 1 heterocycles. The molecule has 0 spiro atoms. The van der Waals surface area contributed by atoms with Gasteiger partial charge in [0.25, 0.3) is 0 Å². The monoisotopic (exact) mass is 403 g/mol. The molecule has 3 aromatic rings. The van der Waals surface area contributed by atoms with Crippen LogP contribution in [0, 0.1) is 0 Å². The number of ketones is 1. The molecular weight excluding hydrogens is 391 g/mol. The first-order valence-electron chi connectivity index (χ1n) is 8.11. The molecule has 0 N–H and O–H groups in total. The zero-order valence-corrected chi connectivity index (χ0v) is 15.0. The fourth-order valence-corrected chi connectivity index (χ4v) is 2.49. The first-order valence-corrected chi connectivity index (χ1v) is 8.49. The minimum atomic E-state index is -4.53. The van der Waals surface area contributed by atoms with E-state index in [2.05, 4.69) is 4.98 Å².